The summed E-state index contributed by atoms with van der Waals surface area (Å²) in [6.45, 7) is 0.913. The number of nitrogens with zero attached hydrogens (tertiary/aromatic N) is 4. The number of carbonyl (C=O) groups is 2. The van der Waals surface area contributed by atoms with Crippen molar-refractivity contribution in [3.8, 4) is 6.07 Å². The number of rotatable bonds is 4. The molecule has 4 fully saturated rings. The molecule has 1 unspecified atom stereocenters. The van der Waals surface area contributed by atoms with E-state index in [-0.39, 0.29) is 41.8 Å². The van der Waals surface area contributed by atoms with Gasteiger partial charge in [0.05, 0.1) is 24.2 Å². The Bertz CT molecular complexity index is 886. The van der Waals surface area contributed by atoms with Crippen molar-refractivity contribution >= 4 is 17.5 Å². The highest BCUT2D eigenvalue weighted by Gasteiger charge is 2.55. The van der Waals surface area contributed by atoms with Crippen LogP contribution < -0.4 is 10.6 Å². The van der Waals surface area contributed by atoms with Crippen molar-refractivity contribution in [3.63, 3.8) is 0 Å². The van der Waals surface area contributed by atoms with Gasteiger partial charge >= 0.3 is 0 Å². The molecule has 28 heavy (non-hydrogen) atoms. The Balaban J connectivity index is 1.25. The summed E-state index contributed by atoms with van der Waals surface area (Å²) in [6, 6.07) is 6.97. The number of amides is 2. The average molecular weight is 383 g/mol. The Morgan fingerprint density at radius 3 is 2.89 bits per heavy atom. The number of piperazine rings is 1. The van der Waals surface area contributed by atoms with E-state index in [1.165, 1.54) is 12.1 Å². The van der Waals surface area contributed by atoms with Crippen molar-refractivity contribution in [1.29, 1.82) is 5.26 Å². The minimum atomic E-state index is -0.745. The standard InChI is InChI=1S/C20H22FN5O2/c21-12-2-1-3-13(6-12)25-15-7-18(20(25)28)24(9-15)10-16(23)19(27)26-14(8-22)4-11-5-17(11)26/h1-3,6,11,14-18H,4-5,7,9-10,23H2/t11-,14+,15?,16+,17+,18-/m1/s1. The zero-order valence-corrected chi connectivity index (χ0v) is 15.4. The van der Waals surface area contributed by atoms with E-state index < -0.39 is 6.04 Å². The molecule has 4 aliphatic rings. The molecule has 2 bridgehead atoms. The average Bonchev–Trinajstić information content (AvgIpc) is 3.01. The quantitative estimate of drug-likeness (QED) is 0.815. The molecule has 5 rings (SSSR count). The fourth-order valence-electron chi connectivity index (χ4n) is 5.24. The van der Waals surface area contributed by atoms with E-state index >= 15 is 0 Å². The number of anilines is 1. The summed E-state index contributed by atoms with van der Waals surface area (Å²) in [5, 5.41) is 9.30. The normalized spacial score (nSPS) is 34.5. The molecule has 3 aliphatic heterocycles. The molecule has 3 saturated heterocycles. The second-order valence-corrected chi connectivity index (χ2v) is 8.34. The fraction of sp³-hybridized carbons (Fsp3) is 0.550. The summed E-state index contributed by atoms with van der Waals surface area (Å²) in [5.74, 6) is -0.174. The molecule has 0 radical (unpaired) electrons. The minimum Gasteiger partial charge on any atom is -0.322 e. The van der Waals surface area contributed by atoms with Crippen LogP contribution in [0.4, 0.5) is 10.1 Å². The van der Waals surface area contributed by atoms with Crippen LogP contribution in [0.1, 0.15) is 19.3 Å². The Kier molecular flexibility index (Phi) is 3.93. The number of carbonyl (C=O) groups excluding carboxylic acids is 2. The third-order valence-corrected chi connectivity index (χ3v) is 6.61. The molecule has 6 atom stereocenters. The van der Waals surface area contributed by atoms with Crippen molar-refractivity contribution in [2.24, 2.45) is 11.7 Å². The molecule has 7 nitrogen and oxygen atoms in total. The van der Waals surface area contributed by atoms with Crippen LogP contribution in [0, 0.1) is 23.1 Å². The number of piperidine rings is 1. The van der Waals surface area contributed by atoms with Crippen LogP contribution in [0.25, 0.3) is 0 Å². The molecule has 0 spiro atoms. The second-order valence-electron chi connectivity index (χ2n) is 8.34. The van der Waals surface area contributed by atoms with E-state index in [1.807, 2.05) is 4.90 Å². The molecular weight excluding hydrogens is 361 g/mol. The number of hydrogen-bond donors (Lipinski definition) is 1. The number of benzene rings is 1. The summed E-state index contributed by atoms with van der Waals surface area (Å²) in [6.07, 6.45) is 2.37. The maximum absolute atomic E-state index is 13.5. The highest BCUT2D eigenvalue weighted by atomic mass is 19.1. The lowest BCUT2D eigenvalue weighted by Gasteiger charge is -2.35. The number of hydrogen-bond acceptors (Lipinski definition) is 5. The molecule has 1 saturated carbocycles. The monoisotopic (exact) mass is 383 g/mol. The van der Waals surface area contributed by atoms with Crippen molar-refractivity contribution in [3.05, 3.63) is 30.1 Å². The van der Waals surface area contributed by atoms with Gasteiger partial charge in [0.2, 0.25) is 11.8 Å². The predicted octanol–water partition coefficient (Wildman–Crippen LogP) is 0.455. The Labute approximate surface area is 162 Å². The summed E-state index contributed by atoms with van der Waals surface area (Å²) < 4.78 is 13.5. The summed E-state index contributed by atoms with van der Waals surface area (Å²) in [7, 11) is 0. The third-order valence-electron chi connectivity index (χ3n) is 6.61. The van der Waals surface area contributed by atoms with Crippen LogP contribution >= 0.6 is 0 Å². The van der Waals surface area contributed by atoms with Crippen LogP contribution in [0.3, 0.4) is 0 Å². The Hall–Kier alpha value is -2.50. The summed E-state index contributed by atoms with van der Waals surface area (Å²) >= 11 is 0. The lowest BCUT2D eigenvalue weighted by atomic mass is 10.1. The second kappa shape index (κ2) is 6.26. The van der Waals surface area contributed by atoms with Crippen LogP contribution in [0.5, 0.6) is 0 Å². The van der Waals surface area contributed by atoms with Gasteiger partial charge in [-0.05, 0) is 43.4 Å². The third kappa shape index (κ3) is 2.61. The van der Waals surface area contributed by atoms with E-state index in [1.54, 1.807) is 21.9 Å². The first-order valence-electron chi connectivity index (χ1n) is 9.78. The zero-order chi connectivity index (χ0) is 19.6. The van der Waals surface area contributed by atoms with Gasteiger partial charge in [0.1, 0.15) is 11.9 Å². The number of fused-ring (bicyclic) bond motifs is 3. The molecule has 8 heteroatoms. The van der Waals surface area contributed by atoms with Gasteiger partial charge in [-0.2, -0.15) is 5.26 Å². The SMILES string of the molecule is N#C[C@@H]1C[C@@H]2C[C@@H]2N1C(=O)[C@@H](N)CN1CC2C[C@@H]1C(=O)N2c1cccc(F)c1. The maximum atomic E-state index is 13.5. The van der Waals surface area contributed by atoms with Gasteiger partial charge in [0.15, 0.2) is 0 Å². The van der Waals surface area contributed by atoms with E-state index in [0.717, 1.165) is 12.8 Å². The van der Waals surface area contributed by atoms with Crippen molar-refractivity contribution in [2.45, 2.75) is 49.5 Å². The summed E-state index contributed by atoms with van der Waals surface area (Å²) in [4.78, 5) is 31.0. The van der Waals surface area contributed by atoms with Gasteiger partial charge < -0.3 is 15.5 Å². The van der Waals surface area contributed by atoms with E-state index in [9.17, 15) is 19.2 Å². The highest BCUT2D eigenvalue weighted by Crippen LogP contribution is 2.47. The molecule has 2 N–H and O–H groups in total. The van der Waals surface area contributed by atoms with E-state index in [4.69, 9.17) is 5.73 Å². The van der Waals surface area contributed by atoms with Gasteiger partial charge in [-0.25, -0.2) is 4.39 Å². The van der Waals surface area contributed by atoms with Crippen LogP contribution in [0.2, 0.25) is 0 Å². The Morgan fingerprint density at radius 2 is 2.18 bits per heavy atom. The number of nitriles is 1. The molecule has 3 heterocycles. The summed E-state index contributed by atoms with van der Waals surface area (Å²) in [5.41, 5.74) is 6.78. The van der Waals surface area contributed by atoms with E-state index in [2.05, 4.69) is 6.07 Å². The maximum Gasteiger partial charge on any atom is 0.244 e. The molecule has 1 aromatic carbocycles. The number of likely N-dealkylation sites (tertiary alicyclic amines) is 2. The highest BCUT2D eigenvalue weighted by molar-refractivity contribution is 6.01. The van der Waals surface area contributed by atoms with Crippen LogP contribution in [-0.4, -0.2) is 64.9 Å². The first-order valence-corrected chi connectivity index (χ1v) is 9.78. The Morgan fingerprint density at radius 1 is 1.36 bits per heavy atom. The van der Waals surface area contributed by atoms with Crippen molar-refractivity contribution in [1.82, 2.24) is 9.80 Å². The molecular formula is C20H22FN5O2. The topological polar surface area (TPSA) is 93.7 Å². The first-order chi connectivity index (χ1) is 13.5. The molecule has 146 valence electrons. The van der Waals surface area contributed by atoms with Crippen LogP contribution in [0.15, 0.2) is 24.3 Å². The lowest BCUT2D eigenvalue weighted by molar-refractivity contribution is -0.135. The molecule has 1 aliphatic carbocycles. The number of nitrogens with two attached hydrogens (primary N) is 1. The van der Waals surface area contributed by atoms with Crippen molar-refractivity contribution < 1.29 is 14.0 Å². The number of halogens is 1. The van der Waals surface area contributed by atoms with E-state index in [0.29, 0.717) is 31.1 Å². The van der Waals surface area contributed by atoms with Crippen LogP contribution in [-0.2, 0) is 9.59 Å². The minimum absolute atomic E-state index is 0.0342. The fourth-order valence-corrected chi connectivity index (χ4v) is 5.24. The predicted molar refractivity (Wildman–Crippen MR) is 98.4 cm³/mol. The lowest BCUT2D eigenvalue weighted by Crippen LogP contribution is -2.57. The van der Waals surface area contributed by atoms with Crippen molar-refractivity contribution in [2.75, 3.05) is 18.0 Å². The van der Waals surface area contributed by atoms with Gasteiger partial charge in [0.25, 0.3) is 0 Å². The van der Waals surface area contributed by atoms with Gasteiger partial charge in [-0.3, -0.25) is 14.5 Å². The smallest absolute Gasteiger partial charge is 0.244 e. The zero-order valence-electron chi connectivity index (χ0n) is 15.4. The van der Waals surface area contributed by atoms with Gasteiger partial charge in [-0.15, -0.1) is 0 Å². The molecule has 2 amide bonds. The molecule has 1 aromatic rings. The first kappa shape index (κ1) is 17.6. The van der Waals surface area contributed by atoms with Gasteiger partial charge in [-0.1, -0.05) is 6.07 Å². The van der Waals surface area contributed by atoms with Gasteiger partial charge in [0, 0.05) is 24.8 Å². The molecule has 0 aromatic heterocycles. The largest absolute Gasteiger partial charge is 0.322 e.